The van der Waals surface area contributed by atoms with Gasteiger partial charge < -0.3 is 0 Å². The molecule has 1 heterocycles. The summed E-state index contributed by atoms with van der Waals surface area (Å²) in [6.45, 7) is 6.20. The van der Waals surface area contributed by atoms with Crippen molar-refractivity contribution in [2.75, 3.05) is 0 Å². The molecule has 0 aliphatic rings. The van der Waals surface area contributed by atoms with Crippen molar-refractivity contribution < 1.29 is 13.9 Å². The fraction of sp³-hybridized carbons (Fsp3) is 0.148. The zero-order valence-electron chi connectivity index (χ0n) is 18.0. The molecule has 3 aromatic carbocycles. The monoisotopic (exact) mass is 472 g/mol. The molecule has 3 nitrogen and oxygen atoms in total. The third kappa shape index (κ3) is 4.10. The van der Waals surface area contributed by atoms with Crippen molar-refractivity contribution >= 4 is 31.3 Å². The van der Waals surface area contributed by atoms with Crippen molar-refractivity contribution in [1.82, 2.24) is 0 Å². The Kier molecular flexibility index (Phi) is 5.88. The second kappa shape index (κ2) is 8.60. The van der Waals surface area contributed by atoms with Gasteiger partial charge in [0.1, 0.15) is 0 Å². The maximum atomic E-state index is 14.1. The molecule has 1 aromatic heterocycles. The van der Waals surface area contributed by atoms with E-state index in [0.29, 0.717) is 0 Å². The van der Waals surface area contributed by atoms with Crippen molar-refractivity contribution in [1.29, 1.82) is 0 Å². The minimum atomic E-state index is -3.88. The van der Waals surface area contributed by atoms with Crippen LogP contribution in [0.25, 0.3) is 0 Å². The molecule has 0 amide bonds. The van der Waals surface area contributed by atoms with Crippen molar-refractivity contribution in [3.63, 3.8) is 0 Å². The summed E-state index contributed by atoms with van der Waals surface area (Å²) in [6.07, 6.45) is 0. The Morgan fingerprint density at radius 1 is 0.677 bits per heavy atom. The number of hydrogen-bond donors (Lipinski definition) is 0. The van der Waals surface area contributed by atoms with E-state index in [9.17, 15) is 4.79 Å². The predicted molar refractivity (Wildman–Crippen MR) is 127 cm³/mol. The molecule has 0 fully saturated rings. The van der Waals surface area contributed by atoms with E-state index in [-0.39, 0.29) is 16.2 Å². The van der Waals surface area contributed by atoms with Crippen LogP contribution in [0.15, 0.2) is 108 Å². The Labute approximate surface area is 186 Å². The molecule has 0 saturated heterocycles. The summed E-state index contributed by atoms with van der Waals surface area (Å²) in [5.74, 6) is 1.03. The average molecular weight is 471 g/mol. The molecule has 0 unspecified atom stereocenters. The first kappa shape index (κ1) is 21.2. The molecule has 156 valence electrons. The summed E-state index contributed by atoms with van der Waals surface area (Å²) in [5, 5.41) is 0. The Bertz CT molecular complexity index is 1050. The molecule has 0 aliphatic carbocycles. The number of carbonyl (C=O) groups is 1. The molecule has 0 radical (unpaired) electrons. The van der Waals surface area contributed by atoms with Gasteiger partial charge in [-0.15, -0.1) is 0 Å². The first-order chi connectivity index (χ1) is 14.9. The fourth-order valence-corrected chi connectivity index (χ4v) is 12.3. The maximum absolute atomic E-state index is 14.1. The normalized spacial score (nSPS) is 11.8. The Morgan fingerprint density at radius 2 is 1.10 bits per heavy atom. The van der Waals surface area contributed by atoms with E-state index in [4.69, 9.17) is 9.15 Å². The summed E-state index contributed by atoms with van der Waals surface area (Å²) in [6, 6.07) is 33.7. The van der Waals surface area contributed by atoms with Crippen LogP contribution in [0.1, 0.15) is 26.5 Å². The topological polar surface area (TPSA) is 39.4 Å². The molecule has 31 heavy (non-hydrogen) atoms. The molecular formula is C27H26GeO3. The summed E-state index contributed by atoms with van der Waals surface area (Å²) in [7, 11) is 0. The molecule has 4 heteroatoms. The fourth-order valence-electron chi connectivity index (χ4n) is 3.86. The molecule has 4 rings (SSSR count). The molecule has 0 saturated carbocycles. The molecule has 0 atom stereocenters. The number of benzene rings is 3. The SMILES string of the molecule is CC(C)(C)c1ccc(O[C](=O)[Ge]([c]2ccccc2)([c]2ccccc2)[c]2ccccc2)o1. The van der Waals surface area contributed by atoms with Gasteiger partial charge in [0.15, 0.2) is 0 Å². The second-order valence-corrected chi connectivity index (χ2v) is 16.2. The van der Waals surface area contributed by atoms with Gasteiger partial charge in [-0.1, -0.05) is 0 Å². The van der Waals surface area contributed by atoms with Crippen LogP contribution in [0, 0.1) is 0 Å². The van der Waals surface area contributed by atoms with Crippen LogP contribution in [0.3, 0.4) is 0 Å². The molecule has 0 N–H and O–H groups in total. The van der Waals surface area contributed by atoms with E-state index >= 15 is 0 Å². The summed E-state index contributed by atoms with van der Waals surface area (Å²) in [4.78, 5) is 13.9. The summed E-state index contributed by atoms with van der Waals surface area (Å²) in [5.41, 5.74) is -0.165. The van der Waals surface area contributed by atoms with Gasteiger partial charge in [-0.3, -0.25) is 0 Å². The van der Waals surface area contributed by atoms with Gasteiger partial charge in [-0.25, -0.2) is 0 Å². The van der Waals surface area contributed by atoms with Crippen molar-refractivity contribution in [2.24, 2.45) is 0 Å². The van der Waals surface area contributed by atoms with Gasteiger partial charge in [0.2, 0.25) is 0 Å². The van der Waals surface area contributed by atoms with E-state index in [1.54, 1.807) is 6.07 Å². The van der Waals surface area contributed by atoms with Crippen LogP contribution in [-0.4, -0.2) is 18.1 Å². The Morgan fingerprint density at radius 3 is 1.45 bits per heavy atom. The third-order valence-electron chi connectivity index (χ3n) is 5.44. The number of carbonyl (C=O) groups excluding carboxylic acids is 1. The van der Waals surface area contributed by atoms with Crippen LogP contribution in [0.5, 0.6) is 5.95 Å². The average Bonchev–Trinajstić information content (AvgIpc) is 3.26. The van der Waals surface area contributed by atoms with Crippen LogP contribution >= 0.6 is 0 Å². The van der Waals surface area contributed by atoms with E-state index in [1.807, 2.05) is 97.1 Å². The van der Waals surface area contributed by atoms with E-state index < -0.39 is 13.3 Å². The third-order valence-corrected chi connectivity index (χ3v) is 14.5. The standard InChI is InChI=1S/C27H26GeO3/c1-27(2,3)24-19-20-25(30-24)31-26(29)28(21-13-7-4-8-14-21,22-15-9-5-10-16-22)23-17-11-6-12-18-23/h4-20H,1-3H3. The molecule has 0 bridgehead atoms. The van der Waals surface area contributed by atoms with Gasteiger partial charge in [-0.05, 0) is 0 Å². The van der Waals surface area contributed by atoms with Crippen LogP contribution in [0.4, 0.5) is 4.79 Å². The Hall–Kier alpha value is -3.05. The van der Waals surface area contributed by atoms with Gasteiger partial charge in [0.05, 0.1) is 0 Å². The van der Waals surface area contributed by atoms with Crippen molar-refractivity contribution in [3.8, 4) is 5.95 Å². The van der Waals surface area contributed by atoms with Crippen molar-refractivity contribution in [2.45, 2.75) is 26.2 Å². The number of hydrogen-bond acceptors (Lipinski definition) is 3. The second-order valence-electron chi connectivity index (χ2n) is 8.61. The molecular weight excluding hydrogens is 445 g/mol. The van der Waals surface area contributed by atoms with Gasteiger partial charge in [-0.2, -0.15) is 0 Å². The van der Waals surface area contributed by atoms with E-state index in [0.717, 1.165) is 18.9 Å². The summed E-state index contributed by atoms with van der Waals surface area (Å²) < 4.78 is 15.0. The van der Waals surface area contributed by atoms with Crippen molar-refractivity contribution in [3.05, 3.63) is 109 Å². The zero-order valence-corrected chi connectivity index (χ0v) is 20.1. The van der Waals surface area contributed by atoms with Gasteiger partial charge >= 0.3 is 186 Å². The first-order valence-electron chi connectivity index (χ1n) is 10.4. The number of rotatable bonds is 5. The quantitative estimate of drug-likeness (QED) is 0.392. The first-order valence-corrected chi connectivity index (χ1v) is 14.6. The zero-order chi connectivity index (χ0) is 21.9. The van der Waals surface area contributed by atoms with Crippen LogP contribution in [-0.2, 0) is 5.41 Å². The minimum absolute atomic E-state index is 0.165. The molecule has 0 aliphatic heterocycles. The predicted octanol–water partition coefficient (Wildman–Crippen LogP) is 4.83. The molecule has 0 spiro atoms. The van der Waals surface area contributed by atoms with Crippen LogP contribution in [0.2, 0.25) is 0 Å². The number of furan rings is 1. The van der Waals surface area contributed by atoms with Gasteiger partial charge in [0.25, 0.3) is 0 Å². The van der Waals surface area contributed by atoms with E-state index in [1.165, 1.54) is 0 Å². The molecule has 4 aromatic rings. The Balaban J connectivity index is 1.90. The number of ether oxygens (including phenoxy) is 1. The van der Waals surface area contributed by atoms with Crippen LogP contribution < -0.4 is 17.9 Å². The van der Waals surface area contributed by atoms with E-state index in [2.05, 4.69) is 20.8 Å². The van der Waals surface area contributed by atoms with Gasteiger partial charge in [0, 0.05) is 0 Å². The summed E-state index contributed by atoms with van der Waals surface area (Å²) >= 11 is -3.88.